The Balaban J connectivity index is 1.68. The maximum atomic E-state index is 12.7. The molecule has 2 aromatic rings. The Bertz CT molecular complexity index is 914. The number of benzene rings is 1. The van der Waals surface area contributed by atoms with Crippen LogP contribution in [0.25, 0.3) is 0 Å². The maximum absolute atomic E-state index is 12.7. The Morgan fingerprint density at radius 2 is 1.94 bits per heavy atom. The Kier molecular flexibility index (Phi) is 9.30. The fourth-order valence-electron chi connectivity index (χ4n) is 4.14. The van der Waals surface area contributed by atoms with Crippen LogP contribution in [-0.2, 0) is 22.4 Å². The number of amides is 1. The Hall–Kier alpha value is -2.64. The zero-order valence-electron chi connectivity index (χ0n) is 20.9. The van der Waals surface area contributed by atoms with Crippen LogP contribution in [0.1, 0.15) is 50.4 Å². The van der Waals surface area contributed by atoms with E-state index < -0.39 is 5.60 Å². The van der Waals surface area contributed by atoms with Gasteiger partial charge in [-0.2, -0.15) is 0 Å². The van der Waals surface area contributed by atoms with E-state index in [2.05, 4.69) is 36.5 Å². The van der Waals surface area contributed by atoms with E-state index in [0.717, 1.165) is 23.5 Å². The molecule has 7 heteroatoms. The van der Waals surface area contributed by atoms with Gasteiger partial charge < -0.3 is 24.8 Å². The van der Waals surface area contributed by atoms with Gasteiger partial charge in [-0.1, -0.05) is 30.3 Å². The lowest BCUT2D eigenvalue weighted by Gasteiger charge is -2.24. The zero-order chi connectivity index (χ0) is 24.6. The lowest BCUT2D eigenvalue weighted by Crippen LogP contribution is -2.36. The van der Waals surface area contributed by atoms with Gasteiger partial charge in [-0.15, -0.1) is 0 Å². The molecule has 1 saturated heterocycles. The number of anilines is 1. The van der Waals surface area contributed by atoms with Crippen LogP contribution in [0.2, 0.25) is 0 Å². The summed E-state index contributed by atoms with van der Waals surface area (Å²) in [5.74, 6) is 0.971. The van der Waals surface area contributed by atoms with E-state index in [0.29, 0.717) is 39.1 Å². The van der Waals surface area contributed by atoms with Gasteiger partial charge in [0.15, 0.2) is 0 Å². The molecule has 3 rings (SSSR count). The van der Waals surface area contributed by atoms with Crippen LogP contribution in [0.4, 0.5) is 10.6 Å². The first-order chi connectivity index (χ1) is 16.2. The number of unbranched alkanes of at least 4 members (excludes halogenated alkanes) is 1. The van der Waals surface area contributed by atoms with E-state index in [4.69, 9.17) is 19.6 Å². The first kappa shape index (κ1) is 26.0. The summed E-state index contributed by atoms with van der Waals surface area (Å²) in [4.78, 5) is 19.3. The molecule has 7 nitrogen and oxygen atoms in total. The molecular weight excluding hydrogens is 430 g/mol. The number of aliphatic hydroxyl groups excluding tert-OH is 1. The van der Waals surface area contributed by atoms with Gasteiger partial charge >= 0.3 is 6.09 Å². The smallest absolute Gasteiger partial charge is 0.410 e. The van der Waals surface area contributed by atoms with Crippen LogP contribution in [0.5, 0.6) is 0 Å². The molecule has 0 aliphatic carbocycles. The highest BCUT2D eigenvalue weighted by atomic mass is 16.6. The summed E-state index contributed by atoms with van der Waals surface area (Å²) < 4.78 is 11.8. The predicted molar refractivity (Wildman–Crippen MR) is 134 cm³/mol. The van der Waals surface area contributed by atoms with Crippen molar-refractivity contribution in [3.63, 3.8) is 0 Å². The van der Waals surface area contributed by atoms with E-state index in [-0.39, 0.29) is 24.7 Å². The molecule has 1 fully saturated rings. The minimum absolute atomic E-state index is 0.0887. The van der Waals surface area contributed by atoms with Crippen LogP contribution in [0, 0.1) is 12.8 Å². The van der Waals surface area contributed by atoms with Gasteiger partial charge in [-0.25, -0.2) is 9.78 Å². The molecule has 2 N–H and O–H groups in total. The molecule has 186 valence electrons. The molecule has 34 heavy (non-hydrogen) atoms. The molecule has 1 aliphatic heterocycles. The van der Waals surface area contributed by atoms with E-state index >= 15 is 0 Å². The van der Waals surface area contributed by atoms with Crippen molar-refractivity contribution in [2.75, 3.05) is 31.6 Å². The molecule has 2 atom stereocenters. The lowest BCUT2D eigenvalue weighted by molar-refractivity contribution is 0.0165. The van der Waals surface area contributed by atoms with Crippen LogP contribution >= 0.6 is 0 Å². The predicted octanol–water partition coefficient (Wildman–Crippen LogP) is 4.57. The van der Waals surface area contributed by atoms with E-state index in [1.807, 2.05) is 39.0 Å². The molecule has 0 radical (unpaired) electrons. The molecular formula is C27H39N3O4. The molecule has 1 amide bonds. The van der Waals surface area contributed by atoms with Gasteiger partial charge in [0, 0.05) is 37.9 Å². The largest absolute Gasteiger partial charge is 0.444 e. The Morgan fingerprint density at radius 1 is 1.18 bits per heavy atom. The number of hydrogen-bond acceptors (Lipinski definition) is 6. The lowest BCUT2D eigenvalue weighted by atomic mass is 9.98. The number of nitrogens with zero attached hydrogens (tertiary/aromatic N) is 2. The van der Waals surface area contributed by atoms with Crippen molar-refractivity contribution in [1.29, 1.82) is 0 Å². The second-order valence-electron chi connectivity index (χ2n) is 10.0. The van der Waals surface area contributed by atoms with Gasteiger partial charge in [-0.3, -0.25) is 0 Å². The number of likely N-dealkylation sites (tertiary alicyclic amines) is 1. The molecule has 2 heterocycles. The monoisotopic (exact) mass is 469 g/mol. The van der Waals surface area contributed by atoms with Crippen molar-refractivity contribution in [2.45, 2.75) is 65.2 Å². The molecule has 1 aromatic heterocycles. The summed E-state index contributed by atoms with van der Waals surface area (Å²) in [6, 6.07) is 14.4. The third-order valence-electron chi connectivity index (χ3n) is 5.73. The Labute approximate surface area is 203 Å². The van der Waals surface area contributed by atoms with Gasteiger partial charge in [0.05, 0.1) is 12.6 Å². The molecule has 0 saturated carbocycles. The summed E-state index contributed by atoms with van der Waals surface area (Å²) in [5, 5.41) is 12.5. The van der Waals surface area contributed by atoms with Crippen molar-refractivity contribution in [3.8, 4) is 0 Å². The Morgan fingerprint density at radius 3 is 2.65 bits per heavy atom. The first-order valence-electron chi connectivity index (χ1n) is 12.2. The minimum Gasteiger partial charge on any atom is -0.444 e. The van der Waals surface area contributed by atoms with Gasteiger partial charge in [0.2, 0.25) is 0 Å². The summed E-state index contributed by atoms with van der Waals surface area (Å²) in [6.07, 6.45) is 1.83. The van der Waals surface area contributed by atoms with E-state index in [1.54, 1.807) is 4.90 Å². The number of rotatable bonds is 10. The first-order valence-corrected chi connectivity index (χ1v) is 12.2. The number of aliphatic hydroxyl groups is 1. The molecule has 1 aliphatic rings. The molecule has 0 unspecified atom stereocenters. The highest BCUT2D eigenvalue weighted by Crippen LogP contribution is 2.26. The van der Waals surface area contributed by atoms with Crippen molar-refractivity contribution in [3.05, 3.63) is 59.3 Å². The van der Waals surface area contributed by atoms with Crippen molar-refractivity contribution >= 4 is 11.9 Å². The second-order valence-corrected chi connectivity index (χ2v) is 10.0. The average molecular weight is 470 g/mol. The number of carbonyl (C=O) groups is 1. The molecule has 1 aromatic carbocycles. The maximum Gasteiger partial charge on any atom is 0.410 e. The number of hydrogen-bond donors (Lipinski definition) is 2. The van der Waals surface area contributed by atoms with Crippen LogP contribution < -0.4 is 5.32 Å². The topological polar surface area (TPSA) is 83.9 Å². The van der Waals surface area contributed by atoms with Crippen molar-refractivity contribution < 1.29 is 19.4 Å². The quantitative estimate of drug-likeness (QED) is 0.496. The fourth-order valence-corrected chi connectivity index (χ4v) is 4.14. The zero-order valence-corrected chi connectivity index (χ0v) is 20.9. The minimum atomic E-state index is -0.538. The van der Waals surface area contributed by atoms with Crippen molar-refractivity contribution in [1.82, 2.24) is 9.88 Å². The van der Waals surface area contributed by atoms with Crippen LogP contribution in [-0.4, -0.2) is 59.1 Å². The fraction of sp³-hybridized carbons (Fsp3) is 0.556. The number of aromatic nitrogens is 1. The summed E-state index contributed by atoms with van der Waals surface area (Å²) >= 11 is 0. The highest BCUT2D eigenvalue weighted by molar-refractivity contribution is 5.68. The normalized spacial score (nSPS) is 18.2. The highest BCUT2D eigenvalue weighted by Gasteiger charge is 2.38. The van der Waals surface area contributed by atoms with Crippen LogP contribution in [0.15, 0.2) is 42.5 Å². The third-order valence-corrected chi connectivity index (χ3v) is 5.73. The van der Waals surface area contributed by atoms with Gasteiger partial charge in [0.25, 0.3) is 0 Å². The summed E-state index contributed by atoms with van der Waals surface area (Å²) in [6.45, 7) is 10.2. The number of pyridine rings is 1. The second kappa shape index (κ2) is 12.2. The summed E-state index contributed by atoms with van der Waals surface area (Å²) in [7, 11) is 0. The molecule has 0 spiro atoms. The number of carbonyl (C=O) groups excluding carboxylic acids is 1. The van der Waals surface area contributed by atoms with E-state index in [9.17, 15) is 4.79 Å². The molecule has 0 bridgehead atoms. The van der Waals surface area contributed by atoms with Crippen LogP contribution in [0.3, 0.4) is 0 Å². The number of aryl methyl sites for hydroxylation is 1. The number of nitrogens with one attached hydrogen (secondary N) is 1. The SMILES string of the molecule is Cc1cc(C[C@@H]2CN(C(=O)OC(C)(C)C)C[C@@H]2OCCCCO)nc(NCc2ccccc2)c1. The number of ether oxygens (including phenoxy) is 2. The summed E-state index contributed by atoms with van der Waals surface area (Å²) in [5.41, 5.74) is 2.79. The van der Waals surface area contributed by atoms with Gasteiger partial charge in [-0.05, 0) is 70.2 Å². The standard InChI is InChI=1S/C27H39N3O4/c1-20-14-23(29-25(15-20)28-17-21-10-6-5-7-11-21)16-22-18-30(26(32)34-27(2,3)4)19-24(22)33-13-9-8-12-31/h5-7,10-11,14-15,22,24,31H,8-9,12-13,16-19H2,1-4H3,(H,28,29)/t22-,24+/m1/s1. The third kappa shape index (κ3) is 8.29. The van der Waals surface area contributed by atoms with Crippen molar-refractivity contribution in [2.24, 2.45) is 5.92 Å². The van der Waals surface area contributed by atoms with Gasteiger partial charge in [0.1, 0.15) is 11.4 Å². The van der Waals surface area contributed by atoms with E-state index in [1.165, 1.54) is 5.56 Å². The average Bonchev–Trinajstić information content (AvgIpc) is 3.17.